The number of benzene rings is 9. The van der Waals surface area contributed by atoms with Crippen molar-refractivity contribution >= 4 is 53.9 Å². The standard InChI is InChI=1S/C42H24O/c1-2-11-32-30(6-1)22-31(29-18-21-38-37(23-29)34-12-4-9-25-10-5-13-39(43-38)41(25)34)24-36(32)33-19-16-28-15-14-26-7-3-8-27-17-20-35(33)42(28)40(26)27/h1-24H. The summed E-state index contributed by atoms with van der Waals surface area (Å²) >= 11 is 0. The zero-order chi connectivity index (χ0) is 28.1. The third-order valence-corrected chi connectivity index (χ3v) is 9.37. The molecule has 0 aliphatic carbocycles. The summed E-state index contributed by atoms with van der Waals surface area (Å²) in [5.41, 5.74) is 7.27. The van der Waals surface area contributed by atoms with Gasteiger partial charge in [0, 0.05) is 10.9 Å². The first kappa shape index (κ1) is 23.0. The van der Waals surface area contributed by atoms with Gasteiger partial charge in [-0.25, -0.2) is 0 Å². The minimum atomic E-state index is 0.905. The molecule has 1 nitrogen and oxygen atoms in total. The van der Waals surface area contributed by atoms with Gasteiger partial charge in [0.05, 0.1) is 0 Å². The zero-order valence-corrected chi connectivity index (χ0v) is 23.3. The van der Waals surface area contributed by atoms with Crippen molar-refractivity contribution in [3.63, 3.8) is 0 Å². The van der Waals surface area contributed by atoms with Crippen LogP contribution in [-0.2, 0) is 0 Å². The van der Waals surface area contributed by atoms with Gasteiger partial charge < -0.3 is 4.74 Å². The molecular formula is C42H24O. The van der Waals surface area contributed by atoms with Crippen molar-refractivity contribution < 1.29 is 4.74 Å². The van der Waals surface area contributed by atoms with Crippen molar-refractivity contribution in [1.29, 1.82) is 0 Å². The van der Waals surface area contributed by atoms with E-state index in [1.165, 1.54) is 81.7 Å². The SMILES string of the molecule is c1ccc2c(-c3ccc4ccc5cccc6ccc3c4c56)cc(-c3ccc4c(c3)-c3cccc5cccc(c35)O4)cc2c1. The number of hydrogen-bond acceptors (Lipinski definition) is 1. The Labute approximate surface area is 248 Å². The van der Waals surface area contributed by atoms with Gasteiger partial charge in [0.1, 0.15) is 11.5 Å². The van der Waals surface area contributed by atoms with Crippen LogP contribution in [0.2, 0.25) is 0 Å². The molecule has 1 heteroatoms. The van der Waals surface area contributed by atoms with Crippen molar-refractivity contribution in [1.82, 2.24) is 0 Å². The number of hydrogen-bond donors (Lipinski definition) is 0. The molecule has 1 heterocycles. The highest BCUT2D eigenvalue weighted by atomic mass is 16.5. The van der Waals surface area contributed by atoms with Crippen LogP contribution >= 0.6 is 0 Å². The van der Waals surface area contributed by atoms with E-state index in [0.717, 1.165) is 17.1 Å². The smallest absolute Gasteiger partial charge is 0.135 e. The Morgan fingerprint density at radius 3 is 1.86 bits per heavy atom. The van der Waals surface area contributed by atoms with Crippen LogP contribution in [-0.4, -0.2) is 0 Å². The maximum atomic E-state index is 6.41. The molecular weight excluding hydrogens is 520 g/mol. The Balaban J connectivity index is 1.23. The molecule has 0 unspecified atom stereocenters. The molecule has 0 N–H and O–H groups in total. The first-order valence-corrected chi connectivity index (χ1v) is 14.8. The molecule has 1 aliphatic heterocycles. The molecule has 0 radical (unpaired) electrons. The summed E-state index contributed by atoms with van der Waals surface area (Å²) in [6.07, 6.45) is 0. The fraction of sp³-hybridized carbons (Fsp3) is 0. The molecule has 0 saturated heterocycles. The molecule has 0 amide bonds. The summed E-state index contributed by atoms with van der Waals surface area (Å²) in [5, 5.41) is 12.8. The molecule has 0 saturated carbocycles. The van der Waals surface area contributed by atoms with Gasteiger partial charge in [0.15, 0.2) is 0 Å². The number of fused-ring (bicyclic) bond motifs is 3. The van der Waals surface area contributed by atoms with E-state index in [2.05, 4.69) is 146 Å². The first-order valence-electron chi connectivity index (χ1n) is 14.8. The molecule has 0 atom stereocenters. The van der Waals surface area contributed by atoms with Gasteiger partial charge in [-0.1, -0.05) is 115 Å². The van der Waals surface area contributed by atoms with Gasteiger partial charge in [-0.3, -0.25) is 0 Å². The third-order valence-electron chi connectivity index (χ3n) is 9.37. The molecule has 198 valence electrons. The average Bonchev–Trinajstić information content (AvgIpc) is 3.07. The highest BCUT2D eigenvalue weighted by molar-refractivity contribution is 6.26. The summed E-state index contributed by atoms with van der Waals surface area (Å²) < 4.78 is 6.41. The van der Waals surface area contributed by atoms with Crippen LogP contribution < -0.4 is 4.74 Å². The van der Waals surface area contributed by atoms with Crippen LogP contribution in [0.25, 0.3) is 87.2 Å². The molecule has 0 fully saturated rings. The minimum Gasteiger partial charge on any atom is -0.456 e. The zero-order valence-electron chi connectivity index (χ0n) is 23.3. The van der Waals surface area contributed by atoms with Crippen molar-refractivity contribution in [3.05, 3.63) is 146 Å². The lowest BCUT2D eigenvalue weighted by atomic mass is 9.86. The van der Waals surface area contributed by atoms with E-state index in [-0.39, 0.29) is 0 Å². The quantitative estimate of drug-likeness (QED) is 0.197. The van der Waals surface area contributed by atoms with Crippen LogP contribution in [0.1, 0.15) is 0 Å². The summed E-state index contributed by atoms with van der Waals surface area (Å²) in [7, 11) is 0. The number of rotatable bonds is 2. The molecule has 0 bridgehead atoms. The molecule has 0 aromatic heterocycles. The maximum absolute atomic E-state index is 6.41. The lowest BCUT2D eigenvalue weighted by molar-refractivity contribution is 0.487. The van der Waals surface area contributed by atoms with Gasteiger partial charge in [0.25, 0.3) is 0 Å². The van der Waals surface area contributed by atoms with E-state index in [0.29, 0.717) is 0 Å². The predicted octanol–water partition coefficient (Wildman–Crippen LogP) is 12.0. The Morgan fingerprint density at radius 2 is 0.977 bits per heavy atom. The Morgan fingerprint density at radius 1 is 0.302 bits per heavy atom. The summed E-state index contributed by atoms with van der Waals surface area (Å²) in [4.78, 5) is 0. The van der Waals surface area contributed by atoms with E-state index in [1.54, 1.807) is 0 Å². The topological polar surface area (TPSA) is 9.23 Å². The van der Waals surface area contributed by atoms with E-state index in [4.69, 9.17) is 4.74 Å². The normalized spacial score (nSPS) is 12.4. The van der Waals surface area contributed by atoms with Crippen LogP contribution in [0.15, 0.2) is 146 Å². The van der Waals surface area contributed by atoms with Crippen LogP contribution in [0, 0.1) is 0 Å². The summed E-state index contributed by atoms with van der Waals surface area (Å²) in [5.74, 6) is 1.83. The molecule has 9 aromatic rings. The maximum Gasteiger partial charge on any atom is 0.135 e. The summed E-state index contributed by atoms with van der Waals surface area (Å²) in [6, 6.07) is 53.2. The predicted molar refractivity (Wildman–Crippen MR) is 182 cm³/mol. The Hall–Kier alpha value is -5.66. The fourth-order valence-electron chi connectivity index (χ4n) is 7.41. The van der Waals surface area contributed by atoms with Gasteiger partial charge in [-0.05, 0) is 107 Å². The molecule has 9 aromatic carbocycles. The largest absolute Gasteiger partial charge is 0.456 e. The van der Waals surface area contributed by atoms with Crippen LogP contribution in [0.5, 0.6) is 11.5 Å². The van der Waals surface area contributed by atoms with Crippen LogP contribution in [0.3, 0.4) is 0 Å². The van der Waals surface area contributed by atoms with Crippen molar-refractivity contribution in [3.8, 4) is 44.9 Å². The molecule has 0 spiro atoms. The van der Waals surface area contributed by atoms with Gasteiger partial charge in [-0.2, -0.15) is 0 Å². The van der Waals surface area contributed by atoms with Crippen molar-refractivity contribution in [2.75, 3.05) is 0 Å². The second-order valence-corrected chi connectivity index (χ2v) is 11.7. The Bertz CT molecular complexity index is 2570. The van der Waals surface area contributed by atoms with Crippen molar-refractivity contribution in [2.24, 2.45) is 0 Å². The average molecular weight is 545 g/mol. The van der Waals surface area contributed by atoms with E-state index >= 15 is 0 Å². The highest BCUT2D eigenvalue weighted by Gasteiger charge is 2.21. The first-order chi connectivity index (χ1) is 21.3. The minimum absolute atomic E-state index is 0.905. The van der Waals surface area contributed by atoms with Gasteiger partial charge in [0.2, 0.25) is 0 Å². The van der Waals surface area contributed by atoms with Gasteiger partial charge in [-0.15, -0.1) is 0 Å². The van der Waals surface area contributed by atoms with Crippen LogP contribution in [0.4, 0.5) is 0 Å². The van der Waals surface area contributed by atoms with E-state index in [1.807, 2.05) is 0 Å². The summed E-state index contributed by atoms with van der Waals surface area (Å²) in [6.45, 7) is 0. The lowest BCUT2D eigenvalue weighted by Gasteiger charge is -2.22. The Kier molecular flexibility index (Phi) is 4.51. The van der Waals surface area contributed by atoms with E-state index in [9.17, 15) is 0 Å². The third kappa shape index (κ3) is 3.22. The highest BCUT2D eigenvalue weighted by Crippen LogP contribution is 2.48. The lowest BCUT2D eigenvalue weighted by Crippen LogP contribution is -1.97. The fourth-order valence-corrected chi connectivity index (χ4v) is 7.41. The van der Waals surface area contributed by atoms with Gasteiger partial charge >= 0.3 is 0 Å². The second-order valence-electron chi connectivity index (χ2n) is 11.7. The molecule has 10 rings (SSSR count). The monoisotopic (exact) mass is 544 g/mol. The molecule has 43 heavy (non-hydrogen) atoms. The van der Waals surface area contributed by atoms with Crippen molar-refractivity contribution in [2.45, 2.75) is 0 Å². The van der Waals surface area contributed by atoms with E-state index < -0.39 is 0 Å². The molecule has 1 aliphatic rings. The number of ether oxygens (including phenoxy) is 1. The second kappa shape index (κ2) is 8.44.